The van der Waals surface area contributed by atoms with Crippen molar-refractivity contribution in [1.29, 1.82) is 0 Å². The molecule has 1 aliphatic rings. The number of nitrogens with zero attached hydrogens (tertiary/aromatic N) is 1. The van der Waals surface area contributed by atoms with Crippen LogP contribution in [0.1, 0.15) is 19.8 Å². The molecule has 0 aliphatic carbocycles. The van der Waals surface area contributed by atoms with E-state index in [0.29, 0.717) is 19.4 Å². The molecule has 1 heterocycles. The summed E-state index contributed by atoms with van der Waals surface area (Å²) in [6.07, 6.45) is 0.0587. The molecule has 74 valence electrons. The van der Waals surface area contributed by atoms with Gasteiger partial charge in [-0.3, -0.25) is 4.79 Å². The number of hydrogen-bond donors (Lipinski definition) is 2. The number of likely N-dealkylation sites (tertiary alicyclic amines) is 1. The van der Waals surface area contributed by atoms with Crippen LogP contribution in [0.15, 0.2) is 0 Å². The van der Waals surface area contributed by atoms with Crippen molar-refractivity contribution in [3.8, 4) is 0 Å². The summed E-state index contributed by atoms with van der Waals surface area (Å²) in [5.74, 6) is -1.49. The molecule has 0 bridgehead atoms. The third kappa shape index (κ3) is 1.98. The molecule has 2 N–H and O–H groups in total. The molecule has 0 saturated carbocycles. The van der Waals surface area contributed by atoms with Gasteiger partial charge in [-0.1, -0.05) is 0 Å². The Morgan fingerprint density at radius 1 is 1.54 bits per heavy atom. The van der Waals surface area contributed by atoms with Gasteiger partial charge in [0.15, 0.2) is 0 Å². The van der Waals surface area contributed by atoms with E-state index < -0.39 is 24.0 Å². The summed E-state index contributed by atoms with van der Waals surface area (Å²) in [7, 11) is 0. The Morgan fingerprint density at radius 3 is 2.62 bits per heavy atom. The molecule has 5 nitrogen and oxygen atoms in total. The van der Waals surface area contributed by atoms with Gasteiger partial charge in [0.25, 0.3) is 5.91 Å². The van der Waals surface area contributed by atoms with Gasteiger partial charge in [-0.2, -0.15) is 0 Å². The van der Waals surface area contributed by atoms with Gasteiger partial charge in [-0.05, 0) is 19.8 Å². The van der Waals surface area contributed by atoms with E-state index in [9.17, 15) is 9.59 Å². The molecule has 5 heteroatoms. The largest absolute Gasteiger partial charge is 0.480 e. The van der Waals surface area contributed by atoms with Crippen LogP contribution < -0.4 is 0 Å². The fourth-order valence-electron chi connectivity index (χ4n) is 1.53. The number of carboxylic acid groups (broad SMARTS) is 1. The van der Waals surface area contributed by atoms with Crippen molar-refractivity contribution in [2.45, 2.75) is 31.9 Å². The van der Waals surface area contributed by atoms with Gasteiger partial charge in [-0.25, -0.2) is 4.79 Å². The molecular formula is C8H13NO4. The van der Waals surface area contributed by atoms with Gasteiger partial charge in [0.05, 0.1) is 0 Å². The van der Waals surface area contributed by atoms with Crippen LogP contribution in [0.25, 0.3) is 0 Å². The average molecular weight is 187 g/mol. The topological polar surface area (TPSA) is 77.8 Å². The maximum Gasteiger partial charge on any atom is 0.326 e. The number of carbonyl (C=O) groups excluding carboxylic acids is 1. The van der Waals surface area contributed by atoms with Crippen LogP contribution in [0.5, 0.6) is 0 Å². The lowest BCUT2D eigenvalue weighted by Gasteiger charge is -2.22. The van der Waals surface area contributed by atoms with Crippen molar-refractivity contribution in [1.82, 2.24) is 4.90 Å². The molecule has 0 aromatic carbocycles. The fraction of sp³-hybridized carbons (Fsp3) is 0.750. The van der Waals surface area contributed by atoms with E-state index >= 15 is 0 Å². The predicted octanol–water partition coefficient (Wildman–Crippen LogP) is -0.557. The minimum Gasteiger partial charge on any atom is -0.480 e. The molecule has 0 radical (unpaired) electrons. The van der Waals surface area contributed by atoms with E-state index in [-0.39, 0.29) is 0 Å². The number of amides is 1. The van der Waals surface area contributed by atoms with Crippen molar-refractivity contribution in [3.63, 3.8) is 0 Å². The van der Waals surface area contributed by atoms with Gasteiger partial charge in [-0.15, -0.1) is 0 Å². The maximum atomic E-state index is 11.3. The molecular weight excluding hydrogens is 174 g/mol. The van der Waals surface area contributed by atoms with E-state index in [0.717, 1.165) is 0 Å². The minimum atomic E-state index is -1.11. The highest BCUT2D eigenvalue weighted by atomic mass is 16.4. The van der Waals surface area contributed by atoms with Gasteiger partial charge in [0.1, 0.15) is 12.1 Å². The van der Waals surface area contributed by atoms with Gasteiger partial charge < -0.3 is 15.1 Å². The number of carboxylic acids is 1. The van der Waals surface area contributed by atoms with Crippen molar-refractivity contribution >= 4 is 11.9 Å². The molecule has 0 aromatic heterocycles. The summed E-state index contributed by atoms with van der Waals surface area (Å²) in [5, 5.41) is 17.7. The van der Waals surface area contributed by atoms with Crippen molar-refractivity contribution in [2.75, 3.05) is 6.54 Å². The fourth-order valence-corrected chi connectivity index (χ4v) is 1.53. The molecule has 1 rings (SSSR count). The number of rotatable bonds is 2. The zero-order valence-corrected chi connectivity index (χ0v) is 7.43. The molecule has 1 fully saturated rings. The molecule has 2 atom stereocenters. The third-order valence-corrected chi connectivity index (χ3v) is 2.18. The number of aliphatic hydroxyl groups excluding tert-OH is 1. The lowest BCUT2D eigenvalue weighted by molar-refractivity contribution is -0.151. The summed E-state index contributed by atoms with van der Waals surface area (Å²) in [4.78, 5) is 23.2. The molecule has 0 aromatic rings. The first-order chi connectivity index (χ1) is 6.04. The smallest absolute Gasteiger partial charge is 0.326 e. The zero-order chi connectivity index (χ0) is 10.0. The number of carbonyl (C=O) groups is 2. The van der Waals surface area contributed by atoms with E-state index in [1.54, 1.807) is 0 Å². The Morgan fingerprint density at radius 2 is 2.15 bits per heavy atom. The Labute approximate surface area is 76.0 Å². The van der Waals surface area contributed by atoms with E-state index in [2.05, 4.69) is 0 Å². The van der Waals surface area contributed by atoms with E-state index in [1.165, 1.54) is 11.8 Å². The number of hydrogen-bond acceptors (Lipinski definition) is 3. The first kappa shape index (κ1) is 9.98. The summed E-state index contributed by atoms with van der Waals surface area (Å²) in [5.41, 5.74) is 0. The zero-order valence-electron chi connectivity index (χ0n) is 7.43. The van der Waals surface area contributed by atoms with Crippen LogP contribution >= 0.6 is 0 Å². The highest BCUT2D eigenvalue weighted by Gasteiger charge is 2.35. The quantitative estimate of drug-likeness (QED) is 0.607. The second-order valence-corrected chi connectivity index (χ2v) is 3.20. The minimum absolute atomic E-state index is 0.431. The van der Waals surface area contributed by atoms with Crippen LogP contribution in [0.3, 0.4) is 0 Å². The summed E-state index contributed by atoms with van der Waals surface area (Å²) < 4.78 is 0. The number of aliphatic hydroxyl groups is 1. The molecule has 1 saturated heterocycles. The summed E-state index contributed by atoms with van der Waals surface area (Å²) in [6.45, 7) is 1.78. The Balaban J connectivity index is 2.68. The monoisotopic (exact) mass is 187 g/mol. The van der Waals surface area contributed by atoms with Crippen molar-refractivity contribution in [2.24, 2.45) is 0 Å². The second-order valence-electron chi connectivity index (χ2n) is 3.20. The van der Waals surface area contributed by atoms with Gasteiger partial charge in [0.2, 0.25) is 0 Å². The first-order valence-electron chi connectivity index (χ1n) is 4.25. The summed E-state index contributed by atoms with van der Waals surface area (Å²) >= 11 is 0. The van der Waals surface area contributed by atoms with Crippen molar-refractivity contribution in [3.05, 3.63) is 0 Å². The highest BCUT2D eigenvalue weighted by Crippen LogP contribution is 2.18. The standard InChI is InChI=1S/C8H13NO4/c1-5(10)7(11)9-4-2-3-6(9)8(12)13/h5-6,10H,2-4H2,1H3,(H,12,13)/t5-,6-/m0/s1. The van der Waals surface area contributed by atoms with Gasteiger partial charge in [0, 0.05) is 6.54 Å². The normalized spacial score (nSPS) is 24.5. The van der Waals surface area contributed by atoms with E-state index in [1.807, 2.05) is 0 Å². The summed E-state index contributed by atoms with van der Waals surface area (Å²) in [6, 6.07) is -0.748. The number of aliphatic carboxylic acids is 1. The molecule has 1 amide bonds. The third-order valence-electron chi connectivity index (χ3n) is 2.18. The van der Waals surface area contributed by atoms with Crippen molar-refractivity contribution < 1.29 is 19.8 Å². The molecule has 0 unspecified atom stereocenters. The maximum absolute atomic E-state index is 11.3. The van der Waals surface area contributed by atoms with E-state index in [4.69, 9.17) is 10.2 Å². The average Bonchev–Trinajstić information content (AvgIpc) is 2.50. The van der Waals surface area contributed by atoms with Crippen LogP contribution in [-0.2, 0) is 9.59 Å². The van der Waals surface area contributed by atoms with Gasteiger partial charge >= 0.3 is 5.97 Å². The molecule has 0 spiro atoms. The predicted molar refractivity (Wildman–Crippen MR) is 44.1 cm³/mol. The van der Waals surface area contributed by atoms with Crippen LogP contribution in [0.2, 0.25) is 0 Å². The van der Waals surface area contributed by atoms with Crippen LogP contribution in [0.4, 0.5) is 0 Å². The SMILES string of the molecule is C[C@H](O)C(=O)N1CCC[C@H]1C(=O)O. The lowest BCUT2D eigenvalue weighted by atomic mass is 10.2. The second kappa shape index (κ2) is 3.74. The first-order valence-corrected chi connectivity index (χ1v) is 4.25. The Kier molecular flexibility index (Phi) is 2.87. The highest BCUT2D eigenvalue weighted by molar-refractivity contribution is 5.86. The molecule has 13 heavy (non-hydrogen) atoms. The Bertz CT molecular complexity index is 226. The van der Waals surface area contributed by atoms with Crippen LogP contribution in [0, 0.1) is 0 Å². The lowest BCUT2D eigenvalue weighted by Crippen LogP contribution is -2.44. The Hall–Kier alpha value is -1.10. The van der Waals surface area contributed by atoms with Crippen LogP contribution in [-0.4, -0.2) is 45.7 Å². The molecule has 1 aliphatic heterocycles.